The molecule has 3 nitrogen and oxygen atoms in total. The Balaban J connectivity index is 1.72. The largest absolute Gasteiger partial charge is 0.314 e. The van der Waals surface area contributed by atoms with Crippen LogP contribution in [0, 0.1) is 11.3 Å². The topological polar surface area (TPSA) is 46.2 Å². The Hall–Kier alpha value is -0.0900. The maximum absolute atomic E-state index is 11.3. The average Bonchev–Trinajstić information content (AvgIpc) is 2.98. The highest BCUT2D eigenvalue weighted by atomic mass is 32.2. The fourth-order valence-electron chi connectivity index (χ4n) is 2.43. The van der Waals surface area contributed by atoms with Gasteiger partial charge in [0.1, 0.15) is 9.84 Å². The van der Waals surface area contributed by atoms with Gasteiger partial charge in [0.05, 0.1) is 5.75 Å². The van der Waals surface area contributed by atoms with Crippen molar-refractivity contribution in [2.24, 2.45) is 11.3 Å². The van der Waals surface area contributed by atoms with Crippen LogP contribution in [0.25, 0.3) is 0 Å². The lowest BCUT2D eigenvalue weighted by molar-refractivity contribution is 0.421. The molecule has 0 bridgehead atoms. The summed E-state index contributed by atoms with van der Waals surface area (Å²) in [6.07, 6.45) is 7.53. The third kappa shape index (κ3) is 4.06. The third-order valence-electron chi connectivity index (χ3n) is 3.73. The van der Waals surface area contributed by atoms with E-state index in [0.29, 0.717) is 11.8 Å². The second kappa shape index (κ2) is 4.30. The van der Waals surface area contributed by atoms with Gasteiger partial charge in [-0.2, -0.15) is 0 Å². The van der Waals surface area contributed by atoms with Crippen LogP contribution in [0.1, 0.15) is 39.0 Å². The SMILES string of the molecule is CC(CC1CC1)NCC1(CS(C)(=O)=O)CC1. The highest BCUT2D eigenvalue weighted by Gasteiger charge is 2.45. The van der Waals surface area contributed by atoms with Gasteiger partial charge in [0.2, 0.25) is 0 Å². The van der Waals surface area contributed by atoms with E-state index in [4.69, 9.17) is 0 Å². The van der Waals surface area contributed by atoms with E-state index in [0.717, 1.165) is 25.3 Å². The molecular formula is C12H23NO2S. The van der Waals surface area contributed by atoms with Gasteiger partial charge in [-0.1, -0.05) is 12.8 Å². The van der Waals surface area contributed by atoms with Crippen molar-refractivity contribution in [1.29, 1.82) is 0 Å². The summed E-state index contributed by atoms with van der Waals surface area (Å²) in [6.45, 7) is 3.10. The summed E-state index contributed by atoms with van der Waals surface area (Å²) in [5.74, 6) is 1.30. The van der Waals surface area contributed by atoms with Gasteiger partial charge >= 0.3 is 0 Å². The first-order valence-corrected chi connectivity index (χ1v) is 8.36. The van der Waals surface area contributed by atoms with Gasteiger partial charge in [-0.25, -0.2) is 8.42 Å². The molecule has 4 heteroatoms. The molecule has 0 heterocycles. The van der Waals surface area contributed by atoms with E-state index < -0.39 is 9.84 Å². The van der Waals surface area contributed by atoms with Gasteiger partial charge in [-0.3, -0.25) is 0 Å². The maximum atomic E-state index is 11.3. The minimum absolute atomic E-state index is 0.0748. The summed E-state index contributed by atoms with van der Waals surface area (Å²) < 4.78 is 22.6. The fraction of sp³-hybridized carbons (Fsp3) is 1.00. The molecule has 1 atom stereocenters. The monoisotopic (exact) mass is 245 g/mol. The first-order valence-electron chi connectivity index (χ1n) is 6.30. The van der Waals surface area contributed by atoms with Crippen molar-refractivity contribution in [3.8, 4) is 0 Å². The first kappa shape index (κ1) is 12.4. The van der Waals surface area contributed by atoms with Crippen molar-refractivity contribution >= 4 is 9.84 Å². The zero-order valence-corrected chi connectivity index (χ0v) is 11.1. The van der Waals surface area contributed by atoms with Crippen LogP contribution >= 0.6 is 0 Å². The fourth-order valence-corrected chi connectivity index (χ4v) is 3.94. The number of nitrogens with one attached hydrogen (secondary N) is 1. The molecule has 0 spiro atoms. The molecule has 0 aromatic carbocycles. The standard InChI is InChI=1S/C12H23NO2S/c1-10(7-11-3-4-11)13-8-12(5-6-12)9-16(2,14)15/h10-11,13H,3-9H2,1-2H3. The number of rotatable bonds is 7. The predicted molar refractivity (Wildman–Crippen MR) is 66.2 cm³/mol. The van der Waals surface area contributed by atoms with Crippen LogP contribution in [0.3, 0.4) is 0 Å². The molecular weight excluding hydrogens is 222 g/mol. The third-order valence-corrected chi connectivity index (χ3v) is 4.87. The number of hydrogen-bond acceptors (Lipinski definition) is 3. The lowest BCUT2D eigenvalue weighted by Crippen LogP contribution is -2.35. The van der Waals surface area contributed by atoms with Gasteiger partial charge in [0.25, 0.3) is 0 Å². The molecule has 0 aromatic heterocycles. The zero-order valence-electron chi connectivity index (χ0n) is 10.3. The Morgan fingerprint density at radius 1 is 1.38 bits per heavy atom. The highest BCUT2D eigenvalue weighted by Crippen LogP contribution is 2.46. The molecule has 2 aliphatic carbocycles. The maximum Gasteiger partial charge on any atom is 0.148 e. The Morgan fingerprint density at radius 2 is 2.00 bits per heavy atom. The molecule has 0 saturated heterocycles. The molecule has 2 aliphatic rings. The highest BCUT2D eigenvalue weighted by molar-refractivity contribution is 7.90. The van der Waals surface area contributed by atoms with Crippen molar-refractivity contribution < 1.29 is 8.42 Å². The van der Waals surface area contributed by atoms with Crippen LogP contribution in [0.5, 0.6) is 0 Å². The summed E-state index contributed by atoms with van der Waals surface area (Å²) in [7, 11) is -2.82. The Morgan fingerprint density at radius 3 is 2.44 bits per heavy atom. The smallest absolute Gasteiger partial charge is 0.148 e. The molecule has 2 fully saturated rings. The van der Waals surface area contributed by atoms with E-state index in [9.17, 15) is 8.42 Å². The summed E-state index contributed by atoms with van der Waals surface area (Å²) in [5, 5.41) is 3.51. The second-order valence-electron chi connectivity index (χ2n) is 6.03. The van der Waals surface area contributed by atoms with Crippen LogP contribution in [-0.2, 0) is 9.84 Å². The van der Waals surface area contributed by atoms with Crippen LogP contribution in [0.4, 0.5) is 0 Å². The minimum Gasteiger partial charge on any atom is -0.314 e. The molecule has 1 unspecified atom stereocenters. The van der Waals surface area contributed by atoms with Crippen molar-refractivity contribution in [3.05, 3.63) is 0 Å². The second-order valence-corrected chi connectivity index (χ2v) is 8.17. The molecule has 0 aliphatic heterocycles. The molecule has 0 amide bonds. The van der Waals surface area contributed by atoms with E-state index >= 15 is 0 Å². The predicted octanol–water partition coefficient (Wildman–Crippen LogP) is 1.59. The van der Waals surface area contributed by atoms with E-state index in [1.54, 1.807) is 0 Å². The number of hydrogen-bond donors (Lipinski definition) is 1. The lowest BCUT2D eigenvalue weighted by Gasteiger charge is -2.19. The van der Waals surface area contributed by atoms with Crippen LogP contribution in [0.15, 0.2) is 0 Å². The first-order chi connectivity index (χ1) is 7.39. The Bertz CT molecular complexity index is 342. The van der Waals surface area contributed by atoms with Crippen LogP contribution in [0.2, 0.25) is 0 Å². The minimum atomic E-state index is -2.82. The van der Waals surface area contributed by atoms with E-state index in [2.05, 4.69) is 12.2 Å². The average molecular weight is 245 g/mol. The molecule has 1 N–H and O–H groups in total. The van der Waals surface area contributed by atoms with Crippen molar-refractivity contribution in [3.63, 3.8) is 0 Å². The van der Waals surface area contributed by atoms with Gasteiger partial charge in [-0.15, -0.1) is 0 Å². The van der Waals surface area contributed by atoms with Gasteiger partial charge in [-0.05, 0) is 37.5 Å². The van der Waals surface area contributed by atoms with Crippen molar-refractivity contribution in [2.45, 2.75) is 45.1 Å². The van der Waals surface area contributed by atoms with Gasteiger partial charge in [0.15, 0.2) is 0 Å². The van der Waals surface area contributed by atoms with E-state index in [1.165, 1.54) is 25.5 Å². The number of sulfone groups is 1. The van der Waals surface area contributed by atoms with Crippen LogP contribution < -0.4 is 5.32 Å². The molecule has 2 saturated carbocycles. The van der Waals surface area contributed by atoms with Crippen molar-refractivity contribution in [1.82, 2.24) is 5.32 Å². The molecule has 2 rings (SSSR count). The van der Waals surface area contributed by atoms with E-state index in [1.807, 2.05) is 0 Å². The Kier molecular flexibility index (Phi) is 3.32. The molecule has 0 radical (unpaired) electrons. The molecule has 94 valence electrons. The van der Waals surface area contributed by atoms with E-state index in [-0.39, 0.29) is 5.41 Å². The summed E-state index contributed by atoms with van der Waals surface area (Å²) in [4.78, 5) is 0. The quantitative estimate of drug-likeness (QED) is 0.741. The Labute approximate surface area is 98.9 Å². The zero-order chi connectivity index (χ0) is 11.8. The lowest BCUT2D eigenvalue weighted by atomic mass is 10.1. The summed E-state index contributed by atoms with van der Waals surface area (Å²) in [5.41, 5.74) is 0.0748. The van der Waals surface area contributed by atoms with Crippen molar-refractivity contribution in [2.75, 3.05) is 18.6 Å². The summed E-state index contributed by atoms with van der Waals surface area (Å²) in [6, 6.07) is 0.546. The summed E-state index contributed by atoms with van der Waals surface area (Å²) >= 11 is 0. The van der Waals surface area contributed by atoms with Crippen LogP contribution in [-0.4, -0.2) is 33.0 Å². The molecule has 16 heavy (non-hydrogen) atoms. The van der Waals surface area contributed by atoms with Gasteiger partial charge in [0, 0.05) is 18.8 Å². The molecule has 0 aromatic rings. The normalized spacial score (nSPS) is 25.4. The van der Waals surface area contributed by atoms with Gasteiger partial charge < -0.3 is 5.32 Å².